The molecule has 2 N–H and O–H groups in total. The van der Waals surface area contributed by atoms with Gasteiger partial charge in [0.1, 0.15) is 5.52 Å². The van der Waals surface area contributed by atoms with Crippen LogP contribution in [0.1, 0.15) is 58.4 Å². The van der Waals surface area contributed by atoms with Crippen LogP contribution in [0, 0.1) is 20.8 Å². The van der Waals surface area contributed by atoms with E-state index in [9.17, 15) is 23.1 Å². The molecule has 0 saturated heterocycles. The van der Waals surface area contributed by atoms with Crippen LogP contribution in [-0.2, 0) is 27.8 Å². The minimum atomic E-state index is -4.03. The Bertz CT molecular complexity index is 2290. The lowest BCUT2D eigenvalue weighted by Gasteiger charge is -2.30. The lowest BCUT2D eigenvalue weighted by Crippen LogP contribution is -2.40. The van der Waals surface area contributed by atoms with Gasteiger partial charge in [-0.15, -0.1) is 0 Å². The Kier molecular flexibility index (Phi) is 10.1. The minimum absolute atomic E-state index is 0.0947. The number of aliphatic hydroxyl groups is 1. The summed E-state index contributed by atoms with van der Waals surface area (Å²) in [5.74, 6) is -0.214. The fraction of sp³-hybridized carbons (Fsp3) is 0.350. The molecule has 3 heterocycles. The van der Waals surface area contributed by atoms with Crippen molar-refractivity contribution in [2.75, 3.05) is 33.7 Å². The van der Waals surface area contributed by atoms with E-state index in [1.54, 1.807) is 70.7 Å². The number of amides is 2. The summed E-state index contributed by atoms with van der Waals surface area (Å²) in [6.07, 6.45) is 4.37. The number of fused-ring (bicyclic) bond motifs is 2. The topological polar surface area (TPSA) is 138 Å². The number of hydrogen-bond acceptors (Lipinski definition) is 8. The molecule has 2 aromatic heterocycles. The van der Waals surface area contributed by atoms with Gasteiger partial charge < -0.3 is 15.3 Å². The summed E-state index contributed by atoms with van der Waals surface area (Å²) in [5.41, 5.74) is 8.24. The Balaban J connectivity index is 1.39. The van der Waals surface area contributed by atoms with Crippen molar-refractivity contribution in [1.82, 2.24) is 29.1 Å². The summed E-state index contributed by atoms with van der Waals surface area (Å²) in [7, 11) is -0.621. The van der Waals surface area contributed by atoms with Crippen LogP contribution in [0.25, 0.3) is 33.5 Å². The third-order valence-electron chi connectivity index (χ3n) is 9.52. The fourth-order valence-corrected chi connectivity index (χ4v) is 7.93. The highest BCUT2D eigenvalue weighted by atomic mass is 32.2. The maximum absolute atomic E-state index is 14.1. The van der Waals surface area contributed by atoms with Gasteiger partial charge in [-0.05, 0) is 99.2 Å². The summed E-state index contributed by atoms with van der Waals surface area (Å²) in [6, 6.07) is 16.4. The molecule has 0 radical (unpaired) electrons. The molecule has 1 aliphatic heterocycles. The van der Waals surface area contributed by atoms with Crippen molar-refractivity contribution in [3.8, 4) is 22.4 Å². The van der Waals surface area contributed by atoms with Crippen LogP contribution in [0.4, 0.5) is 0 Å². The quantitative estimate of drug-likeness (QED) is 0.199. The van der Waals surface area contributed by atoms with Gasteiger partial charge in [-0.25, -0.2) is 22.4 Å². The van der Waals surface area contributed by atoms with E-state index >= 15 is 0 Å². The molecule has 12 heteroatoms. The van der Waals surface area contributed by atoms with Crippen LogP contribution in [0.15, 0.2) is 71.9 Å². The molecular weight excluding hydrogens is 677 g/mol. The number of hydrogen-bond donors (Lipinski definition) is 2. The number of rotatable bonds is 10. The van der Waals surface area contributed by atoms with E-state index in [1.165, 1.54) is 14.4 Å². The monoisotopic (exact) mass is 722 g/mol. The van der Waals surface area contributed by atoms with Gasteiger partial charge >= 0.3 is 0 Å². The maximum atomic E-state index is 14.1. The van der Waals surface area contributed by atoms with E-state index in [-0.39, 0.29) is 28.9 Å². The zero-order valence-corrected chi connectivity index (χ0v) is 31.6. The van der Waals surface area contributed by atoms with Crippen molar-refractivity contribution in [3.05, 3.63) is 100 Å². The first-order chi connectivity index (χ1) is 24.5. The molecular formula is C40H46N6O5S. The zero-order valence-electron chi connectivity index (χ0n) is 30.8. The highest BCUT2D eigenvalue weighted by Gasteiger charge is 2.26. The first-order valence-corrected chi connectivity index (χ1v) is 18.8. The number of nitrogens with one attached hydrogen (secondary N) is 1. The molecule has 6 rings (SSSR count). The molecule has 5 aromatic rings. The molecule has 2 amide bonds. The van der Waals surface area contributed by atoms with Crippen LogP contribution in [0.5, 0.6) is 0 Å². The average Bonchev–Trinajstić information content (AvgIpc) is 3.49. The van der Waals surface area contributed by atoms with Gasteiger partial charge in [0, 0.05) is 69.6 Å². The molecule has 0 aliphatic carbocycles. The van der Waals surface area contributed by atoms with Gasteiger partial charge in [0.15, 0.2) is 5.65 Å². The van der Waals surface area contributed by atoms with Crippen molar-refractivity contribution < 1.29 is 23.1 Å². The number of benzene rings is 3. The van der Waals surface area contributed by atoms with E-state index in [0.29, 0.717) is 47.4 Å². The number of aryl methyl sites for hydroxylation is 3. The molecule has 0 spiro atoms. The van der Waals surface area contributed by atoms with Crippen molar-refractivity contribution in [1.29, 1.82) is 0 Å². The Hall–Kier alpha value is -4.91. The van der Waals surface area contributed by atoms with Crippen molar-refractivity contribution in [2.24, 2.45) is 0 Å². The van der Waals surface area contributed by atoms with Crippen LogP contribution in [0.3, 0.4) is 0 Å². The lowest BCUT2D eigenvalue weighted by molar-refractivity contribution is -0.122. The highest BCUT2D eigenvalue weighted by molar-refractivity contribution is 7.90. The van der Waals surface area contributed by atoms with Crippen molar-refractivity contribution in [2.45, 2.75) is 64.5 Å². The van der Waals surface area contributed by atoms with Gasteiger partial charge in [0.25, 0.3) is 15.9 Å². The van der Waals surface area contributed by atoms with Crippen LogP contribution < -0.4 is 5.32 Å². The fourth-order valence-electron chi connectivity index (χ4n) is 6.61. The Labute approximate surface area is 305 Å². The molecule has 11 nitrogen and oxygen atoms in total. The van der Waals surface area contributed by atoms with Gasteiger partial charge in [0.05, 0.1) is 22.4 Å². The normalized spacial score (nSPS) is 13.6. The van der Waals surface area contributed by atoms with E-state index in [4.69, 9.17) is 9.97 Å². The molecule has 0 bridgehead atoms. The largest absolute Gasteiger partial charge is 0.389 e. The Morgan fingerprint density at radius 3 is 2.37 bits per heavy atom. The second-order valence-electron chi connectivity index (χ2n) is 14.6. The van der Waals surface area contributed by atoms with E-state index < -0.39 is 15.6 Å². The van der Waals surface area contributed by atoms with Gasteiger partial charge in [-0.2, -0.15) is 0 Å². The summed E-state index contributed by atoms with van der Waals surface area (Å²) < 4.78 is 29.3. The van der Waals surface area contributed by atoms with E-state index in [2.05, 4.69) is 29.3 Å². The SMILES string of the molecule is Cc1ccc(S(=O)(=O)n2cc(-c3ccc(C(=O)N(C)C)c(C)c3)c3nc(-c4cc(C)c5c(c4)CN(CCC(=O)NCC(C)(C)O)CC5)cnc32)cc1. The van der Waals surface area contributed by atoms with Crippen LogP contribution >= 0.6 is 0 Å². The molecule has 0 fully saturated rings. The maximum Gasteiger partial charge on any atom is 0.269 e. The standard InChI is InChI=1S/C40H46N6O5S/c1-25-8-11-31(12-9-25)52(50,51)46-23-34(28-10-13-33(27(3)18-28)39(48)44(6)7)37-38(46)41-21-35(43-37)29-19-26(2)32-14-16-45(22-30(32)20-29)17-15-36(47)42-24-40(4,5)49/h8-13,18-21,23,49H,14-17,22,24H2,1-7H3,(H,42,47). The average molecular weight is 723 g/mol. The Morgan fingerprint density at radius 1 is 0.981 bits per heavy atom. The van der Waals surface area contributed by atoms with Gasteiger partial charge in [0.2, 0.25) is 5.91 Å². The first-order valence-electron chi connectivity index (χ1n) is 17.4. The first kappa shape index (κ1) is 36.9. The number of aromatic nitrogens is 3. The van der Waals surface area contributed by atoms with Crippen LogP contribution in [0.2, 0.25) is 0 Å². The van der Waals surface area contributed by atoms with Crippen LogP contribution in [-0.4, -0.2) is 88.4 Å². The van der Waals surface area contributed by atoms with Gasteiger partial charge in [-0.1, -0.05) is 29.8 Å². The summed E-state index contributed by atoms with van der Waals surface area (Å²) in [6.45, 7) is 11.5. The third-order valence-corrected chi connectivity index (χ3v) is 11.2. The predicted molar refractivity (Wildman–Crippen MR) is 203 cm³/mol. The summed E-state index contributed by atoms with van der Waals surface area (Å²) >= 11 is 0. The molecule has 272 valence electrons. The summed E-state index contributed by atoms with van der Waals surface area (Å²) in [5, 5.41) is 12.7. The van der Waals surface area contributed by atoms with E-state index in [1.807, 2.05) is 26.0 Å². The van der Waals surface area contributed by atoms with E-state index in [0.717, 1.165) is 40.8 Å². The molecule has 0 atom stereocenters. The van der Waals surface area contributed by atoms with Crippen molar-refractivity contribution >= 4 is 33.0 Å². The molecule has 3 aromatic carbocycles. The zero-order chi connectivity index (χ0) is 37.5. The second-order valence-corrected chi connectivity index (χ2v) is 16.4. The smallest absolute Gasteiger partial charge is 0.269 e. The number of carbonyl (C=O) groups excluding carboxylic acids is 2. The minimum Gasteiger partial charge on any atom is -0.389 e. The van der Waals surface area contributed by atoms with Gasteiger partial charge in [-0.3, -0.25) is 14.5 Å². The molecule has 0 unspecified atom stereocenters. The molecule has 52 heavy (non-hydrogen) atoms. The Morgan fingerprint density at radius 2 is 1.69 bits per heavy atom. The molecule has 0 saturated carbocycles. The third kappa shape index (κ3) is 7.64. The summed E-state index contributed by atoms with van der Waals surface area (Å²) in [4.78, 5) is 39.0. The molecule has 1 aliphatic rings. The van der Waals surface area contributed by atoms with Crippen molar-refractivity contribution in [3.63, 3.8) is 0 Å². The predicted octanol–water partition coefficient (Wildman–Crippen LogP) is 5.26. The lowest BCUT2D eigenvalue weighted by atomic mass is 9.92. The second kappa shape index (κ2) is 14.3. The highest BCUT2D eigenvalue weighted by Crippen LogP contribution is 2.35. The number of carbonyl (C=O) groups is 2. The number of nitrogens with zero attached hydrogens (tertiary/aromatic N) is 5.